The number of aliphatic carboxylic acids is 1. The van der Waals surface area contributed by atoms with Gasteiger partial charge in [0.15, 0.2) is 0 Å². The Morgan fingerprint density at radius 3 is 2.69 bits per heavy atom. The molecule has 0 aromatic carbocycles. The van der Waals surface area contributed by atoms with Crippen LogP contribution in [0.15, 0.2) is 30.0 Å². The van der Waals surface area contributed by atoms with Gasteiger partial charge in [-0.1, -0.05) is 6.07 Å². The van der Waals surface area contributed by atoms with Gasteiger partial charge in [-0.3, -0.25) is 4.90 Å². The fourth-order valence-corrected chi connectivity index (χ4v) is 4.09. The van der Waals surface area contributed by atoms with E-state index in [9.17, 15) is 21.6 Å². The number of carboxylic acid groups (broad SMARTS) is 1. The maximum absolute atomic E-state index is 11.7. The molecule has 1 atom stereocenters. The number of imidazole rings is 1. The Labute approximate surface area is 170 Å². The lowest BCUT2D eigenvalue weighted by atomic mass is 10.2. The molecule has 0 saturated carbocycles. The quantitative estimate of drug-likeness (QED) is 0.693. The third-order valence-corrected chi connectivity index (χ3v) is 6.34. The fourth-order valence-electron chi connectivity index (χ4n) is 2.69. The van der Waals surface area contributed by atoms with Crippen LogP contribution in [0.5, 0.6) is 0 Å². The average Bonchev–Trinajstić information content (AvgIpc) is 3.31. The summed E-state index contributed by atoms with van der Waals surface area (Å²) in [4.78, 5) is 16.8. The molecular formula is C16H21F3N4O4S2. The Bertz CT molecular complexity index is 898. The highest BCUT2D eigenvalue weighted by Crippen LogP contribution is 2.23. The predicted octanol–water partition coefficient (Wildman–Crippen LogP) is 2.07. The molecule has 8 nitrogen and oxygen atoms in total. The first-order valence-electron chi connectivity index (χ1n) is 8.54. The molecule has 0 fully saturated rings. The Morgan fingerprint density at radius 2 is 2.14 bits per heavy atom. The van der Waals surface area contributed by atoms with E-state index in [0.717, 1.165) is 25.3 Å². The summed E-state index contributed by atoms with van der Waals surface area (Å²) in [5, 5.41) is 9.20. The molecule has 1 aliphatic rings. The van der Waals surface area contributed by atoms with E-state index in [4.69, 9.17) is 9.90 Å². The Morgan fingerprint density at radius 1 is 1.45 bits per heavy atom. The average molecular weight is 454 g/mol. The molecule has 2 aromatic heterocycles. The second-order valence-electron chi connectivity index (χ2n) is 6.25. The molecule has 1 aliphatic heterocycles. The van der Waals surface area contributed by atoms with Crippen LogP contribution < -0.4 is 4.72 Å². The third-order valence-electron chi connectivity index (χ3n) is 4.12. The van der Waals surface area contributed by atoms with E-state index in [0.29, 0.717) is 6.54 Å². The van der Waals surface area contributed by atoms with E-state index < -0.39 is 22.2 Å². The maximum atomic E-state index is 11.7. The van der Waals surface area contributed by atoms with Crippen molar-refractivity contribution in [2.45, 2.75) is 32.2 Å². The first kappa shape index (κ1) is 23.3. The van der Waals surface area contributed by atoms with Crippen molar-refractivity contribution < 1.29 is 31.5 Å². The van der Waals surface area contributed by atoms with Gasteiger partial charge in [0.05, 0.1) is 23.8 Å². The lowest BCUT2D eigenvalue weighted by molar-refractivity contribution is -0.192. The van der Waals surface area contributed by atoms with E-state index in [1.54, 1.807) is 24.6 Å². The molecule has 2 N–H and O–H groups in total. The summed E-state index contributed by atoms with van der Waals surface area (Å²) >= 11 is 1.75. The largest absolute Gasteiger partial charge is 0.490 e. The zero-order valence-corrected chi connectivity index (χ0v) is 17.1. The summed E-state index contributed by atoms with van der Waals surface area (Å²) in [5.41, 5.74) is 1.13. The van der Waals surface area contributed by atoms with Crippen molar-refractivity contribution in [1.82, 2.24) is 19.2 Å². The van der Waals surface area contributed by atoms with Crippen LogP contribution in [0, 0.1) is 0 Å². The fraction of sp³-hybridized carbons (Fsp3) is 0.500. The van der Waals surface area contributed by atoms with Crippen LogP contribution >= 0.6 is 11.3 Å². The number of hydrogen-bond donors (Lipinski definition) is 2. The molecule has 0 radical (unpaired) electrons. The molecule has 0 aliphatic carbocycles. The summed E-state index contributed by atoms with van der Waals surface area (Å²) < 4.78 is 59.9. The van der Waals surface area contributed by atoms with Crippen LogP contribution in [-0.2, 0) is 27.9 Å². The van der Waals surface area contributed by atoms with E-state index in [2.05, 4.69) is 36.7 Å². The third kappa shape index (κ3) is 7.10. The zero-order chi connectivity index (χ0) is 21.7. The minimum absolute atomic E-state index is 0.0764. The van der Waals surface area contributed by atoms with Crippen molar-refractivity contribution in [3.63, 3.8) is 0 Å². The van der Waals surface area contributed by atoms with Gasteiger partial charge in [-0.05, 0) is 18.4 Å². The van der Waals surface area contributed by atoms with Crippen molar-refractivity contribution in [3.8, 4) is 0 Å². The SMILES string of the molecule is CCS(=O)(=O)NCC1CN(Cc2cccs2)Cc2cncn21.O=C(O)C(F)(F)F. The highest BCUT2D eigenvalue weighted by Gasteiger charge is 2.38. The zero-order valence-electron chi connectivity index (χ0n) is 15.5. The van der Waals surface area contributed by atoms with Crippen molar-refractivity contribution in [2.75, 3.05) is 18.8 Å². The number of aromatic nitrogens is 2. The first-order chi connectivity index (χ1) is 13.5. The number of carbonyl (C=O) groups is 1. The number of nitrogens with one attached hydrogen (secondary N) is 1. The molecule has 29 heavy (non-hydrogen) atoms. The summed E-state index contributed by atoms with van der Waals surface area (Å²) in [6, 6.07) is 4.26. The van der Waals surface area contributed by atoms with E-state index >= 15 is 0 Å². The normalized spacial score (nSPS) is 17.3. The van der Waals surface area contributed by atoms with Gasteiger partial charge in [-0.15, -0.1) is 11.3 Å². The van der Waals surface area contributed by atoms with Crippen LogP contribution in [0.1, 0.15) is 23.5 Å². The second kappa shape index (κ2) is 9.69. The van der Waals surface area contributed by atoms with Crippen LogP contribution in [0.2, 0.25) is 0 Å². The maximum Gasteiger partial charge on any atom is 0.490 e. The minimum Gasteiger partial charge on any atom is -0.475 e. The number of rotatable bonds is 6. The van der Waals surface area contributed by atoms with E-state index in [1.807, 2.05) is 6.20 Å². The summed E-state index contributed by atoms with van der Waals surface area (Å²) in [5.74, 6) is -2.65. The number of halogens is 3. The van der Waals surface area contributed by atoms with Crippen LogP contribution in [-0.4, -0.2) is 59.0 Å². The molecule has 3 heterocycles. The van der Waals surface area contributed by atoms with Gasteiger partial charge in [-0.2, -0.15) is 13.2 Å². The first-order valence-corrected chi connectivity index (χ1v) is 11.1. The highest BCUT2D eigenvalue weighted by atomic mass is 32.2. The van der Waals surface area contributed by atoms with Crippen molar-refractivity contribution >= 4 is 27.3 Å². The summed E-state index contributed by atoms with van der Waals surface area (Å²) in [7, 11) is -3.17. The highest BCUT2D eigenvalue weighted by molar-refractivity contribution is 7.89. The molecular weight excluding hydrogens is 433 g/mol. The molecule has 0 spiro atoms. The number of thiophene rings is 1. The Hall–Kier alpha value is -1.96. The smallest absolute Gasteiger partial charge is 0.475 e. The van der Waals surface area contributed by atoms with Crippen molar-refractivity contribution in [1.29, 1.82) is 0 Å². The van der Waals surface area contributed by atoms with E-state index in [-0.39, 0.29) is 11.8 Å². The van der Waals surface area contributed by atoms with Gasteiger partial charge in [-0.25, -0.2) is 22.9 Å². The minimum atomic E-state index is -5.08. The van der Waals surface area contributed by atoms with Gasteiger partial charge in [0.25, 0.3) is 0 Å². The molecule has 1 unspecified atom stereocenters. The summed E-state index contributed by atoms with van der Waals surface area (Å²) in [6.45, 7) is 4.59. The van der Waals surface area contributed by atoms with Crippen LogP contribution in [0.3, 0.4) is 0 Å². The monoisotopic (exact) mass is 454 g/mol. The molecule has 0 saturated heterocycles. The number of sulfonamides is 1. The van der Waals surface area contributed by atoms with Gasteiger partial charge in [0.2, 0.25) is 10.0 Å². The van der Waals surface area contributed by atoms with Crippen molar-refractivity contribution in [3.05, 3.63) is 40.6 Å². The van der Waals surface area contributed by atoms with Crippen LogP contribution in [0.25, 0.3) is 0 Å². The number of nitrogens with zero attached hydrogens (tertiary/aromatic N) is 3. The molecule has 0 bridgehead atoms. The standard InChI is InChI=1S/C14H20N4O2S2.C2HF3O2/c1-2-22(19,20)16-7-13-9-17(10-14-4-3-5-21-14)8-12-6-15-11-18(12)13;3-2(4,5)1(6)7/h3-6,11,13,16H,2,7-10H2,1H3;(H,6,7). The molecule has 3 rings (SSSR count). The Kier molecular flexibility index (Phi) is 7.80. The molecule has 2 aromatic rings. The van der Waals surface area contributed by atoms with Crippen molar-refractivity contribution in [2.24, 2.45) is 0 Å². The number of carboxylic acids is 1. The molecule has 162 valence electrons. The number of fused-ring (bicyclic) bond motifs is 1. The number of hydrogen-bond acceptors (Lipinski definition) is 6. The van der Waals surface area contributed by atoms with E-state index in [1.165, 1.54) is 4.88 Å². The second-order valence-corrected chi connectivity index (χ2v) is 9.38. The summed E-state index contributed by atoms with van der Waals surface area (Å²) in [6.07, 6.45) is -1.43. The Balaban J connectivity index is 0.000000370. The van der Waals surface area contributed by atoms with Gasteiger partial charge in [0, 0.05) is 37.3 Å². The lowest BCUT2D eigenvalue weighted by Gasteiger charge is -2.34. The van der Waals surface area contributed by atoms with Gasteiger partial charge >= 0.3 is 12.1 Å². The number of alkyl halides is 3. The van der Waals surface area contributed by atoms with Gasteiger partial charge in [0.1, 0.15) is 0 Å². The lowest BCUT2D eigenvalue weighted by Crippen LogP contribution is -2.42. The predicted molar refractivity (Wildman–Crippen MR) is 101 cm³/mol. The van der Waals surface area contributed by atoms with Gasteiger partial charge < -0.3 is 9.67 Å². The molecule has 0 amide bonds. The van der Waals surface area contributed by atoms with Crippen LogP contribution in [0.4, 0.5) is 13.2 Å². The topological polar surface area (TPSA) is 105 Å². The molecule has 13 heteroatoms.